The molecule has 0 saturated heterocycles. The molecule has 1 aliphatic rings. The standard InChI is InChI=1S/C45H29N5/c1-4-14-30(15-5-1)39-28-44(48-45(47-39)31-16-6-2-7-17-31)50-42-24-25-46-29-38(42)37-26-35-33-20-10-12-22-40(33)49(32-18-8-3-9-19-32)41-23-13-11-21-34(41)36(35)27-43(37)50/h1-29H. The van der Waals surface area contributed by atoms with Crippen LogP contribution in [0.1, 0.15) is 0 Å². The molecule has 0 aliphatic carbocycles. The zero-order valence-corrected chi connectivity index (χ0v) is 27.0. The third-order valence-electron chi connectivity index (χ3n) is 9.63. The van der Waals surface area contributed by atoms with Gasteiger partial charge >= 0.3 is 0 Å². The van der Waals surface area contributed by atoms with Gasteiger partial charge in [0.05, 0.1) is 28.1 Å². The molecule has 0 fully saturated rings. The smallest absolute Gasteiger partial charge is 0.162 e. The Bertz CT molecular complexity index is 2640. The average molecular weight is 640 g/mol. The number of fused-ring (bicyclic) bond motifs is 8. The SMILES string of the molecule is c1ccc(-c2cc(-n3c4ccncc4c4cc5c(cc43)-c3ccccc3N(c3ccccc3)c3ccccc3-5)nc(-c3ccccc3)n2)cc1. The second-order valence-electron chi connectivity index (χ2n) is 12.5. The molecule has 0 bridgehead atoms. The Kier molecular flexibility index (Phi) is 6.42. The van der Waals surface area contributed by atoms with E-state index in [0.717, 1.165) is 72.6 Å². The van der Waals surface area contributed by atoms with Crippen LogP contribution in [0.4, 0.5) is 17.1 Å². The Morgan fingerprint density at radius 1 is 0.440 bits per heavy atom. The van der Waals surface area contributed by atoms with Crippen LogP contribution in [0.3, 0.4) is 0 Å². The Labute approximate surface area is 289 Å². The van der Waals surface area contributed by atoms with Crippen molar-refractivity contribution in [3.8, 4) is 50.7 Å². The van der Waals surface area contributed by atoms with Gasteiger partial charge in [-0.05, 0) is 53.6 Å². The lowest BCUT2D eigenvalue weighted by Gasteiger charge is -2.27. The van der Waals surface area contributed by atoms with Crippen molar-refractivity contribution >= 4 is 38.9 Å². The Morgan fingerprint density at radius 3 is 1.74 bits per heavy atom. The first-order valence-corrected chi connectivity index (χ1v) is 16.8. The number of benzene rings is 6. The highest BCUT2D eigenvalue weighted by Gasteiger charge is 2.27. The minimum atomic E-state index is 0.679. The molecule has 5 nitrogen and oxygen atoms in total. The monoisotopic (exact) mass is 639 g/mol. The zero-order chi connectivity index (χ0) is 33.0. The molecule has 0 saturated carbocycles. The second kappa shape index (κ2) is 11.4. The molecule has 5 heteroatoms. The molecular formula is C45H29N5. The number of rotatable bonds is 4. The summed E-state index contributed by atoms with van der Waals surface area (Å²) in [6.07, 6.45) is 3.84. The van der Waals surface area contributed by atoms with Crippen LogP contribution in [0.5, 0.6) is 0 Å². The van der Waals surface area contributed by atoms with Gasteiger partial charge in [-0.2, -0.15) is 0 Å². The molecule has 0 atom stereocenters. The van der Waals surface area contributed by atoms with Gasteiger partial charge in [-0.25, -0.2) is 9.97 Å². The first-order valence-electron chi connectivity index (χ1n) is 16.8. The zero-order valence-electron chi connectivity index (χ0n) is 27.0. The molecule has 9 aromatic rings. The molecular weight excluding hydrogens is 611 g/mol. The molecule has 0 radical (unpaired) electrons. The molecule has 0 unspecified atom stereocenters. The number of nitrogens with zero attached hydrogens (tertiary/aromatic N) is 5. The number of aromatic nitrogens is 4. The predicted octanol–water partition coefficient (Wildman–Crippen LogP) is 11.4. The van der Waals surface area contributed by atoms with Gasteiger partial charge in [0.1, 0.15) is 5.82 Å². The minimum Gasteiger partial charge on any atom is -0.309 e. The summed E-state index contributed by atoms with van der Waals surface area (Å²) in [5, 5.41) is 2.19. The van der Waals surface area contributed by atoms with Crippen molar-refractivity contribution in [3.63, 3.8) is 0 Å². The maximum Gasteiger partial charge on any atom is 0.162 e. The topological polar surface area (TPSA) is 46.8 Å². The molecule has 0 amide bonds. The van der Waals surface area contributed by atoms with Crippen molar-refractivity contribution in [1.82, 2.24) is 19.5 Å². The van der Waals surface area contributed by atoms with Crippen LogP contribution in [0, 0.1) is 0 Å². The summed E-state index contributed by atoms with van der Waals surface area (Å²) in [6.45, 7) is 0. The van der Waals surface area contributed by atoms with E-state index in [1.165, 1.54) is 11.1 Å². The molecule has 50 heavy (non-hydrogen) atoms. The van der Waals surface area contributed by atoms with Crippen LogP contribution in [0.15, 0.2) is 176 Å². The molecule has 10 rings (SSSR count). The molecule has 0 N–H and O–H groups in total. The summed E-state index contributed by atoms with van der Waals surface area (Å²) in [5.74, 6) is 1.48. The first kappa shape index (κ1) is 28.2. The van der Waals surface area contributed by atoms with E-state index < -0.39 is 0 Å². The Hall–Kier alpha value is -6.85. The van der Waals surface area contributed by atoms with Crippen LogP contribution in [0.25, 0.3) is 72.5 Å². The van der Waals surface area contributed by atoms with E-state index in [4.69, 9.17) is 9.97 Å². The van der Waals surface area contributed by atoms with Crippen molar-refractivity contribution in [2.45, 2.75) is 0 Å². The highest BCUT2D eigenvalue weighted by molar-refractivity contribution is 6.14. The van der Waals surface area contributed by atoms with Crippen LogP contribution < -0.4 is 4.90 Å². The molecule has 3 aromatic heterocycles. The Balaban J connectivity index is 1.30. The lowest BCUT2D eigenvalue weighted by Crippen LogP contribution is -2.10. The number of hydrogen-bond donors (Lipinski definition) is 0. The van der Waals surface area contributed by atoms with Crippen LogP contribution >= 0.6 is 0 Å². The molecule has 1 aliphatic heterocycles. The van der Waals surface area contributed by atoms with E-state index in [1.807, 2.05) is 36.7 Å². The van der Waals surface area contributed by atoms with E-state index in [0.29, 0.717) is 5.82 Å². The van der Waals surface area contributed by atoms with Gasteiger partial charge in [-0.1, -0.05) is 115 Å². The largest absolute Gasteiger partial charge is 0.309 e. The quantitative estimate of drug-likeness (QED) is 0.192. The van der Waals surface area contributed by atoms with E-state index in [2.05, 4.69) is 154 Å². The number of pyridine rings is 1. The van der Waals surface area contributed by atoms with Gasteiger partial charge in [-0.15, -0.1) is 0 Å². The van der Waals surface area contributed by atoms with E-state index in [9.17, 15) is 0 Å². The third-order valence-corrected chi connectivity index (χ3v) is 9.63. The fraction of sp³-hybridized carbons (Fsp3) is 0. The van der Waals surface area contributed by atoms with Crippen LogP contribution in [0.2, 0.25) is 0 Å². The van der Waals surface area contributed by atoms with Gasteiger partial charge in [-0.3, -0.25) is 9.55 Å². The number of anilines is 3. The molecule has 4 heterocycles. The van der Waals surface area contributed by atoms with Crippen molar-refractivity contribution in [2.75, 3.05) is 4.90 Å². The maximum atomic E-state index is 5.26. The summed E-state index contributed by atoms with van der Waals surface area (Å²) < 4.78 is 2.28. The van der Waals surface area contributed by atoms with Gasteiger partial charge in [0.25, 0.3) is 0 Å². The van der Waals surface area contributed by atoms with Gasteiger partial charge in [0.15, 0.2) is 5.82 Å². The van der Waals surface area contributed by atoms with Crippen molar-refractivity contribution in [2.24, 2.45) is 0 Å². The van der Waals surface area contributed by atoms with Gasteiger partial charge in [0, 0.05) is 57.2 Å². The van der Waals surface area contributed by atoms with E-state index in [-0.39, 0.29) is 0 Å². The second-order valence-corrected chi connectivity index (χ2v) is 12.5. The van der Waals surface area contributed by atoms with Crippen molar-refractivity contribution in [1.29, 1.82) is 0 Å². The highest BCUT2D eigenvalue weighted by Crippen LogP contribution is 2.52. The average Bonchev–Trinajstić information content (AvgIpc) is 3.46. The normalized spacial score (nSPS) is 12.0. The van der Waals surface area contributed by atoms with Gasteiger partial charge in [0.2, 0.25) is 0 Å². The number of para-hydroxylation sites is 3. The minimum absolute atomic E-state index is 0.679. The first-order chi connectivity index (χ1) is 24.8. The fourth-order valence-corrected chi connectivity index (χ4v) is 7.40. The summed E-state index contributed by atoms with van der Waals surface area (Å²) in [4.78, 5) is 17.3. The van der Waals surface area contributed by atoms with Crippen LogP contribution in [-0.2, 0) is 0 Å². The number of hydrogen-bond acceptors (Lipinski definition) is 4. The summed E-state index contributed by atoms with van der Waals surface area (Å²) in [7, 11) is 0. The fourth-order valence-electron chi connectivity index (χ4n) is 7.40. The van der Waals surface area contributed by atoms with Crippen molar-refractivity contribution < 1.29 is 0 Å². The van der Waals surface area contributed by atoms with E-state index in [1.54, 1.807) is 0 Å². The Morgan fingerprint density at radius 2 is 1.04 bits per heavy atom. The summed E-state index contributed by atoms with van der Waals surface area (Å²) in [5.41, 5.74) is 13.0. The summed E-state index contributed by atoms with van der Waals surface area (Å²) >= 11 is 0. The van der Waals surface area contributed by atoms with Crippen LogP contribution in [-0.4, -0.2) is 19.5 Å². The predicted molar refractivity (Wildman–Crippen MR) is 204 cm³/mol. The highest BCUT2D eigenvalue weighted by atomic mass is 15.2. The summed E-state index contributed by atoms with van der Waals surface area (Å²) in [6, 6.07) is 57.5. The third kappa shape index (κ3) is 4.45. The van der Waals surface area contributed by atoms with Gasteiger partial charge < -0.3 is 4.90 Å². The van der Waals surface area contributed by atoms with E-state index >= 15 is 0 Å². The maximum absolute atomic E-state index is 5.26. The molecule has 234 valence electrons. The molecule has 6 aromatic carbocycles. The lowest BCUT2D eigenvalue weighted by atomic mass is 9.93. The van der Waals surface area contributed by atoms with Crippen molar-refractivity contribution in [3.05, 3.63) is 176 Å². The molecule has 0 spiro atoms. The lowest BCUT2D eigenvalue weighted by molar-refractivity contribution is 1.05.